The molecule has 1 heterocycles. The van der Waals surface area contributed by atoms with E-state index in [1.807, 2.05) is 0 Å². The Hall–Kier alpha value is -2.42. The highest BCUT2D eigenvalue weighted by Gasteiger charge is 2.12. The number of nitrogens with zero attached hydrogens (tertiary/aromatic N) is 1. The molecule has 0 bridgehead atoms. The standard InChI is InChI=1S/C15H11ClFN3O/c16-11-4-6-14(19-9-11)20-15(21)13-8-12(17)5-3-10(13)2-1-7-18/h3-6,8-9H,7,18H2,(H,19,20,21). The molecule has 6 heteroatoms. The molecule has 3 N–H and O–H groups in total. The first-order valence-corrected chi connectivity index (χ1v) is 6.39. The Balaban J connectivity index is 2.29. The van der Waals surface area contributed by atoms with Crippen LogP contribution in [0.3, 0.4) is 0 Å². The highest BCUT2D eigenvalue weighted by molar-refractivity contribution is 6.30. The predicted molar refractivity (Wildman–Crippen MR) is 79.5 cm³/mol. The summed E-state index contributed by atoms with van der Waals surface area (Å²) in [6.45, 7) is 0.150. The molecule has 4 nitrogen and oxygen atoms in total. The lowest BCUT2D eigenvalue weighted by atomic mass is 10.1. The van der Waals surface area contributed by atoms with E-state index in [0.717, 1.165) is 6.07 Å². The molecule has 2 rings (SSSR count). The average Bonchev–Trinajstić information content (AvgIpc) is 2.48. The molecule has 1 aromatic heterocycles. The van der Waals surface area contributed by atoms with E-state index in [-0.39, 0.29) is 12.1 Å². The van der Waals surface area contributed by atoms with Crippen molar-refractivity contribution >= 4 is 23.3 Å². The van der Waals surface area contributed by atoms with Gasteiger partial charge in [0.05, 0.1) is 17.1 Å². The number of benzene rings is 1. The smallest absolute Gasteiger partial charge is 0.258 e. The van der Waals surface area contributed by atoms with Crippen LogP contribution < -0.4 is 11.1 Å². The summed E-state index contributed by atoms with van der Waals surface area (Å²) >= 11 is 5.71. The number of halogens is 2. The van der Waals surface area contributed by atoms with Gasteiger partial charge in [-0.15, -0.1) is 0 Å². The molecule has 106 valence electrons. The minimum Gasteiger partial charge on any atom is -0.320 e. The molecular formula is C15H11ClFN3O. The van der Waals surface area contributed by atoms with Crippen LogP contribution in [0.4, 0.5) is 10.2 Å². The van der Waals surface area contributed by atoms with Gasteiger partial charge in [0.25, 0.3) is 5.91 Å². The highest BCUT2D eigenvalue weighted by atomic mass is 35.5. The Labute approximate surface area is 126 Å². The summed E-state index contributed by atoms with van der Waals surface area (Å²) in [4.78, 5) is 16.1. The van der Waals surface area contributed by atoms with Crippen LogP contribution >= 0.6 is 11.6 Å². The van der Waals surface area contributed by atoms with Gasteiger partial charge in [-0.25, -0.2) is 9.37 Å². The van der Waals surface area contributed by atoms with Gasteiger partial charge in [0.1, 0.15) is 11.6 Å². The summed E-state index contributed by atoms with van der Waals surface area (Å²) < 4.78 is 13.3. The first-order chi connectivity index (χ1) is 10.1. The summed E-state index contributed by atoms with van der Waals surface area (Å²) in [5.41, 5.74) is 5.81. The lowest BCUT2D eigenvalue weighted by molar-refractivity contribution is 0.102. The molecule has 1 aromatic carbocycles. The predicted octanol–water partition coefficient (Wildman–Crippen LogP) is 2.44. The Morgan fingerprint density at radius 1 is 1.38 bits per heavy atom. The SMILES string of the molecule is NCC#Cc1ccc(F)cc1C(=O)Nc1ccc(Cl)cn1. The zero-order valence-electron chi connectivity index (χ0n) is 10.9. The van der Waals surface area contributed by atoms with Crippen LogP contribution in [0.25, 0.3) is 0 Å². The lowest BCUT2D eigenvalue weighted by Gasteiger charge is -2.06. The minimum absolute atomic E-state index is 0.118. The number of aromatic nitrogens is 1. The fourth-order valence-corrected chi connectivity index (χ4v) is 1.70. The normalized spacial score (nSPS) is 9.67. The Morgan fingerprint density at radius 3 is 2.86 bits per heavy atom. The Bertz CT molecular complexity index is 720. The lowest BCUT2D eigenvalue weighted by Crippen LogP contribution is -2.14. The molecule has 1 amide bonds. The Kier molecular flexibility index (Phi) is 4.88. The summed E-state index contributed by atoms with van der Waals surface area (Å²) in [5, 5.41) is 3.01. The molecule has 0 aliphatic carbocycles. The number of hydrogen-bond acceptors (Lipinski definition) is 3. The number of carbonyl (C=O) groups excluding carboxylic acids is 1. The molecule has 21 heavy (non-hydrogen) atoms. The summed E-state index contributed by atoms with van der Waals surface area (Å²) in [6, 6.07) is 6.92. The van der Waals surface area contributed by atoms with Gasteiger partial charge in [-0.3, -0.25) is 4.79 Å². The fourth-order valence-electron chi connectivity index (χ4n) is 1.59. The maximum Gasteiger partial charge on any atom is 0.258 e. The van der Waals surface area contributed by atoms with E-state index in [1.165, 1.54) is 18.3 Å². The van der Waals surface area contributed by atoms with Crippen LogP contribution in [0, 0.1) is 17.7 Å². The first-order valence-electron chi connectivity index (χ1n) is 6.01. The van der Waals surface area contributed by atoms with Crippen molar-refractivity contribution in [3.63, 3.8) is 0 Å². The zero-order valence-corrected chi connectivity index (χ0v) is 11.6. The van der Waals surface area contributed by atoms with Gasteiger partial charge in [0.15, 0.2) is 0 Å². The van der Waals surface area contributed by atoms with E-state index in [1.54, 1.807) is 12.1 Å². The molecule has 2 aromatic rings. The minimum atomic E-state index is -0.525. The van der Waals surface area contributed by atoms with Gasteiger partial charge in [-0.1, -0.05) is 23.4 Å². The van der Waals surface area contributed by atoms with Crippen LogP contribution in [-0.2, 0) is 0 Å². The first kappa shape index (κ1) is 15.0. The maximum absolute atomic E-state index is 13.3. The second-order valence-electron chi connectivity index (χ2n) is 4.01. The van der Waals surface area contributed by atoms with Crippen LogP contribution in [0.15, 0.2) is 36.5 Å². The van der Waals surface area contributed by atoms with E-state index in [2.05, 4.69) is 22.1 Å². The van der Waals surface area contributed by atoms with Gasteiger partial charge in [-0.05, 0) is 30.3 Å². The molecule has 0 unspecified atom stereocenters. The van der Waals surface area contributed by atoms with Gasteiger partial charge >= 0.3 is 0 Å². The molecule has 0 saturated carbocycles. The second-order valence-corrected chi connectivity index (χ2v) is 4.45. The van der Waals surface area contributed by atoms with Crippen molar-refractivity contribution in [1.82, 2.24) is 4.98 Å². The summed E-state index contributed by atoms with van der Waals surface area (Å²) in [5.74, 6) is 4.64. The quantitative estimate of drug-likeness (QED) is 0.837. The van der Waals surface area contributed by atoms with E-state index in [0.29, 0.717) is 16.4 Å². The number of rotatable bonds is 2. The number of carbonyl (C=O) groups is 1. The molecule has 0 aliphatic rings. The van der Waals surface area contributed by atoms with Crippen molar-refractivity contribution < 1.29 is 9.18 Å². The molecule has 0 saturated heterocycles. The van der Waals surface area contributed by atoms with Crippen molar-refractivity contribution in [2.45, 2.75) is 0 Å². The van der Waals surface area contributed by atoms with Crippen LogP contribution in [0.1, 0.15) is 15.9 Å². The maximum atomic E-state index is 13.3. The van der Waals surface area contributed by atoms with Crippen molar-refractivity contribution in [2.24, 2.45) is 5.73 Å². The molecule has 0 aliphatic heterocycles. The largest absolute Gasteiger partial charge is 0.320 e. The number of pyridine rings is 1. The molecule has 0 radical (unpaired) electrons. The van der Waals surface area contributed by atoms with Crippen LogP contribution in [0.5, 0.6) is 0 Å². The zero-order chi connectivity index (χ0) is 15.2. The fraction of sp³-hybridized carbons (Fsp3) is 0.0667. The van der Waals surface area contributed by atoms with Crippen LogP contribution in [0.2, 0.25) is 5.02 Å². The second kappa shape index (κ2) is 6.84. The summed E-state index contributed by atoms with van der Waals surface area (Å²) in [6.07, 6.45) is 1.40. The molecule has 0 atom stereocenters. The third kappa shape index (κ3) is 4.02. The third-order valence-corrected chi connectivity index (χ3v) is 2.74. The van der Waals surface area contributed by atoms with E-state index in [4.69, 9.17) is 17.3 Å². The highest BCUT2D eigenvalue weighted by Crippen LogP contribution is 2.14. The number of hydrogen-bond donors (Lipinski definition) is 2. The van der Waals surface area contributed by atoms with Crippen molar-refractivity contribution in [2.75, 3.05) is 11.9 Å². The molecular weight excluding hydrogens is 293 g/mol. The number of nitrogens with one attached hydrogen (secondary N) is 1. The van der Waals surface area contributed by atoms with E-state index >= 15 is 0 Å². The molecule has 0 fully saturated rings. The molecule has 0 spiro atoms. The number of anilines is 1. The van der Waals surface area contributed by atoms with Gasteiger partial charge in [-0.2, -0.15) is 0 Å². The number of nitrogens with two attached hydrogens (primary N) is 1. The number of amides is 1. The van der Waals surface area contributed by atoms with Crippen molar-refractivity contribution in [3.05, 3.63) is 58.5 Å². The van der Waals surface area contributed by atoms with E-state index < -0.39 is 11.7 Å². The summed E-state index contributed by atoms with van der Waals surface area (Å²) in [7, 11) is 0. The topological polar surface area (TPSA) is 68.0 Å². The van der Waals surface area contributed by atoms with Gasteiger partial charge in [0.2, 0.25) is 0 Å². The monoisotopic (exact) mass is 303 g/mol. The van der Waals surface area contributed by atoms with Crippen molar-refractivity contribution in [1.29, 1.82) is 0 Å². The van der Waals surface area contributed by atoms with E-state index in [9.17, 15) is 9.18 Å². The third-order valence-electron chi connectivity index (χ3n) is 2.52. The Morgan fingerprint density at radius 2 is 2.19 bits per heavy atom. The van der Waals surface area contributed by atoms with Crippen molar-refractivity contribution in [3.8, 4) is 11.8 Å². The average molecular weight is 304 g/mol. The van der Waals surface area contributed by atoms with Gasteiger partial charge in [0, 0.05) is 11.8 Å². The van der Waals surface area contributed by atoms with Gasteiger partial charge < -0.3 is 11.1 Å². The van der Waals surface area contributed by atoms with Crippen LogP contribution in [-0.4, -0.2) is 17.4 Å².